The summed E-state index contributed by atoms with van der Waals surface area (Å²) >= 11 is 0. The van der Waals surface area contributed by atoms with Crippen LogP contribution in [0.3, 0.4) is 0 Å². The van der Waals surface area contributed by atoms with Gasteiger partial charge in [0.05, 0.1) is 11.2 Å². The number of fused-ring (bicyclic) bond motifs is 3. The molecule has 0 radical (unpaired) electrons. The molecular formula is C65H48N2O. The zero-order valence-corrected chi connectivity index (χ0v) is 37.7. The third-order valence-electron chi connectivity index (χ3n) is 14.4. The molecular weight excluding hydrogens is 825 g/mol. The van der Waals surface area contributed by atoms with Crippen LogP contribution in [0, 0.1) is 5.92 Å². The second-order valence-electron chi connectivity index (χ2n) is 18.3. The van der Waals surface area contributed by atoms with Crippen molar-refractivity contribution in [3.63, 3.8) is 0 Å². The topological polar surface area (TPSA) is 15.7 Å². The van der Waals surface area contributed by atoms with Crippen LogP contribution >= 0.6 is 0 Å². The van der Waals surface area contributed by atoms with E-state index in [1.165, 1.54) is 72.4 Å². The zero-order chi connectivity index (χ0) is 45.0. The summed E-state index contributed by atoms with van der Waals surface area (Å²) in [6.45, 7) is 0. The Morgan fingerprint density at radius 3 is 1.66 bits per heavy atom. The molecule has 0 saturated heterocycles. The molecule has 2 atom stereocenters. The minimum atomic E-state index is -0.221. The smallest absolute Gasteiger partial charge is 0.159 e. The lowest BCUT2D eigenvalue weighted by molar-refractivity contribution is 0.443. The Bertz CT molecular complexity index is 3460. The molecule has 1 fully saturated rings. The van der Waals surface area contributed by atoms with Crippen molar-refractivity contribution in [1.82, 2.24) is 0 Å². The SMILES string of the molecule is C1=CCCC(c2ccc(N(c3ccc(-c4ccccc4)c(-c4ccccc4)c3)c3ccc4cccc5c4c3OC3=C5C4CC4(N(c4ccccc4)c4ccccc4)C=C3)cc2-c2ccccc2)=C1. The second-order valence-corrected chi connectivity index (χ2v) is 18.3. The summed E-state index contributed by atoms with van der Waals surface area (Å²) in [6, 6.07) is 79.5. The summed E-state index contributed by atoms with van der Waals surface area (Å²) in [7, 11) is 0. The number of para-hydroxylation sites is 2. The van der Waals surface area contributed by atoms with Gasteiger partial charge in [0.2, 0.25) is 0 Å². The summed E-state index contributed by atoms with van der Waals surface area (Å²) in [5.41, 5.74) is 17.5. The van der Waals surface area contributed by atoms with E-state index < -0.39 is 0 Å². The lowest BCUT2D eigenvalue weighted by Crippen LogP contribution is -2.35. The third kappa shape index (κ3) is 6.73. The molecule has 68 heavy (non-hydrogen) atoms. The Labute approximate surface area is 398 Å². The minimum Gasteiger partial charge on any atom is -0.454 e. The number of rotatable bonds is 10. The number of nitrogens with zero attached hydrogens (tertiary/aromatic N) is 2. The minimum absolute atomic E-state index is 0.221. The van der Waals surface area contributed by atoms with E-state index in [1.807, 2.05) is 0 Å². The second kappa shape index (κ2) is 16.5. The van der Waals surface area contributed by atoms with Crippen LogP contribution < -0.4 is 14.5 Å². The predicted molar refractivity (Wildman–Crippen MR) is 284 cm³/mol. The summed E-state index contributed by atoms with van der Waals surface area (Å²) in [6.07, 6.45) is 14.5. The summed E-state index contributed by atoms with van der Waals surface area (Å²) in [5.74, 6) is 2.04. The Morgan fingerprint density at radius 1 is 0.485 bits per heavy atom. The van der Waals surface area contributed by atoms with Gasteiger partial charge in [-0.25, -0.2) is 0 Å². The largest absolute Gasteiger partial charge is 0.454 e. The van der Waals surface area contributed by atoms with Crippen LogP contribution in [0.15, 0.2) is 255 Å². The molecule has 1 saturated carbocycles. The molecule has 0 aromatic heterocycles. The van der Waals surface area contributed by atoms with Gasteiger partial charge in [-0.2, -0.15) is 0 Å². The average Bonchev–Trinajstić information content (AvgIpc) is 4.16. The van der Waals surface area contributed by atoms with Gasteiger partial charge in [-0.3, -0.25) is 0 Å². The molecule has 4 aliphatic rings. The maximum atomic E-state index is 7.45. The Hall–Kier alpha value is -8.40. The Balaban J connectivity index is 1.01. The monoisotopic (exact) mass is 872 g/mol. The van der Waals surface area contributed by atoms with E-state index in [0.29, 0.717) is 0 Å². The quantitative estimate of drug-likeness (QED) is 0.136. The molecule has 1 heterocycles. The molecule has 3 aliphatic carbocycles. The van der Waals surface area contributed by atoms with E-state index >= 15 is 0 Å². The summed E-state index contributed by atoms with van der Waals surface area (Å²) in [5, 5.41) is 2.32. The van der Waals surface area contributed by atoms with Gasteiger partial charge in [-0.1, -0.05) is 188 Å². The van der Waals surface area contributed by atoms with Crippen molar-refractivity contribution in [2.75, 3.05) is 9.80 Å². The molecule has 0 spiro atoms. The van der Waals surface area contributed by atoms with Crippen molar-refractivity contribution < 1.29 is 4.74 Å². The first-order valence-electron chi connectivity index (χ1n) is 23.9. The molecule has 3 nitrogen and oxygen atoms in total. The van der Waals surface area contributed by atoms with Crippen molar-refractivity contribution in [1.29, 1.82) is 0 Å². The van der Waals surface area contributed by atoms with Crippen LogP contribution in [0.1, 0.15) is 30.4 Å². The summed E-state index contributed by atoms with van der Waals surface area (Å²) in [4.78, 5) is 4.98. The van der Waals surface area contributed by atoms with Gasteiger partial charge in [-0.15, -0.1) is 0 Å². The average molecular weight is 873 g/mol. The van der Waals surface area contributed by atoms with E-state index in [9.17, 15) is 0 Å². The van der Waals surface area contributed by atoms with E-state index in [2.05, 4.69) is 259 Å². The maximum Gasteiger partial charge on any atom is 0.159 e. The summed E-state index contributed by atoms with van der Waals surface area (Å²) < 4.78 is 7.45. The van der Waals surface area contributed by atoms with Crippen molar-refractivity contribution in [2.45, 2.75) is 24.8 Å². The lowest BCUT2D eigenvalue weighted by atomic mass is 9.86. The highest BCUT2D eigenvalue weighted by Gasteiger charge is 2.61. The van der Waals surface area contributed by atoms with Crippen LogP contribution in [0.25, 0.3) is 55.3 Å². The lowest BCUT2D eigenvalue weighted by Gasteiger charge is -2.37. The number of hydrogen-bond acceptors (Lipinski definition) is 3. The number of benzene rings is 9. The van der Waals surface area contributed by atoms with Gasteiger partial charge in [-0.05, 0) is 135 Å². The van der Waals surface area contributed by atoms with Gasteiger partial charge in [0.25, 0.3) is 0 Å². The highest BCUT2D eigenvalue weighted by atomic mass is 16.5. The Kier molecular flexibility index (Phi) is 9.68. The molecule has 0 bridgehead atoms. The van der Waals surface area contributed by atoms with Crippen LogP contribution in [-0.2, 0) is 0 Å². The van der Waals surface area contributed by atoms with Crippen LogP contribution in [0.4, 0.5) is 28.4 Å². The Morgan fingerprint density at radius 2 is 1.06 bits per heavy atom. The van der Waals surface area contributed by atoms with Gasteiger partial charge < -0.3 is 14.5 Å². The van der Waals surface area contributed by atoms with Gasteiger partial charge in [0.15, 0.2) is 5.75 Å². The fourth-order valence-corrected chi connectivity index (χ4v) is 11.2. The van der Waals surface area contributed by atoms with Gasteiger partial charge in [0, 0.05) is 39.6 Å². The number of hydrogen-bond donors (Lipinski definition) is 0. The van der Waals surface area contributed by atoms with E-state index in [4.69, 9.17) is 4.74 Å². The van der Waals surface area contributed by atoms with E-state index in [0.717, 1.165) is 53.2 Å². The molecule has 9 aromatic carbocycles. The van der Waals surface area contributed by atoms with Gasteiger partial charge in [0.1, 0.15) is 5.76 Å². The first-order valence-corrected chi connectivity index (χ1v) is 23.9. The molecule has 0 amide bonds. The van der Waals surface area contributed by atoms with Crippen LogP contribution in [0.5, 0.6) is 5.75 Å². The molecule has 324 valence electrons. The van der Waals surface area contributed by atoms with Crippen LogP contribution in [0.2, 0.25) is 0 Å². The molecule has 3 heteroatoms. The highest BCUT2D eigenvalue weighted by Crippen LogP contribution is 2.65. The van der Waals surface area contributed by atoms with Crippen molar-refractivity contribution in [3.05, 3.63) is 266 Å². The molecule has 9 aromatic rings. The fourth-order valence-electron chi connectivity index (χ4n) is 11.2. The maximum absolute atomic E-state index is 7.45. The molecule has 13 rings (SSSR count). The van der Waals surface area contributed by atoms with Crippen molar-refractivity contribution in [3.8, 4) is 39.1 Å². The third-order valence-corrected chi connectivity index (χ3v) is 14.4. The number of ether oxygens (including phenoxy) is 1. The van der Waals surface area contributed by atoms with Crippen molar-refractivity contribution in [2.24, 2.45) is 5.92 Å². The highest BCUT2D eigenvalue weighted by molar-refractivity contribution is 6.07. The molecule has 0 N–H and O–H groups in total. The molecule has 1 aliphatic heterocycles. The van der Waals surface area contributed by atoms with E-state index in [-0.39, 0.29) is 11.5 Å². The zero-order valence-electron chi connectivity index (χ0n) is 37.7. The van der Waals surface area contributed by atoms with Crippen LogP contribution in [-0.4, -0.2) is 5.54 Å². The number of allylic oxidation sites excluding steroid dienone is 5. The van der Waals surface area contributed by atoms with Gasteiger partial charge >= 0.3 is 0 Å². The molecule has 2 unspecified atom stereocenters. The first kappa shape index (κ1) is 39.9. The predicted octanol–water partition coefficient (Wildman–Crippen LogP) is 17.3. The normalized spacial score (nSPS) is 17.5. The van der Waals surface area contributed by atoms with Crippen molar-refractivity contribution >= 4 is 50.4 Å². The standard InChI is InChI=1S/C65H48N2O/c1-7-20-45(21-8-1)54-37-35-52(42-57(54)47-24-11-3-12-25-47)66(53-36-38-55(46-22-9-2-10-23-46)58(43-53)48-26-13-4-14-27-48)60-39-34-49-28-19-33-56-62(49)64(60)68-61-40-41-65(44-59(65)63(56)61)67(50-29-15-5-16-30-50)51-31-17-6-18-32-51/h1-9,11-22,24-43,59H,10,23,44H2. The fraction of sp³-hybridized carbons (Fsp3) is 0.0769. The number of anilines is 5. The van der Waals surface area contributed by atoms with E-state index in [1.54, 1.807) is 0 Å². The first-order chi connectivity index (χ1) is 33.7.